The first kappa shape index (κ1) is 10.4. The number of cyclic esters (lactones) is 1. The second-order valence-corrected chi connectivity index (χ2v) is 2.76. The molecule has 0 bridgehead atoms. The predicted molar refractivity (Wildman–Crippen MR) is 43.4 cm³/mol. The van der Waals surface area contributed by atoms with Crippen LogP contribution in [0.4, 0.5) is 0 Å². The average Bonchev–Trinajstić information content (AvgIpc) is 2.17. The van der Waals surface area contributed by atoms with Crippen LogP contribution in [0.15, 0.2) is 0 Å². The highest BCUT2D eigenvalue weighted by atomic mass is 16.6. The van der Waals surface area contributed by atoms with Gasteiger partial charge in [-0.3, -0.25) is 0 Å². The van der Waals surface area contributed by atoms with Gasteiger partial charge < -0.3 is 18.9 Å². The summed E-state index contributed by atoms with van der Waals surface area (Å²) in [7, 11) is 4.50. The minimum atomic E-state index is -0.691. The minimum absolute atomic E-state index is 0.216. The van der Waals surface area contributed by atoms with Crippen LogP contribution in [-0.4, -0.2) is 52.2 Å². The van der Waals surface area contributed by atoms with Crippen molar-refractivity contribution in [2.24, 2.45) is 0 Å². The quantitative estimate of drug-likeness (QED) is 0.566. The van der Waals surface area contributed by atoms with Crippen LogP contribution in [0.1, 0.15) is 0 Å². The van der Waals surface area contributed by atoms with Crippen molar-refractivity contribution in [3.05, 3.63) is 0 Å². The van der Waals surface area contributed by atoms with Gasteiger partial charge in [0.2, 0.25) is 0 Å². The molecular formula is C8H14O5. The lowest BCUT2D eigenvalue weighted by molar-refractivity contribution is -0.197. The molecule has 0 aromatic rings. The number of methoxy groups -OCH3 is 3. The summed E-state index contributed by atoms with van der Waals surface area (Å²) < 4.78 is 20.0. The largest absolute Gasteiger partial charge is 0.461 e. The topological polar surface area (TPSA) is 54.0 Å². The molecule has 0 amide bonds. The standard InChI is InChI=1S/C8H14O5/c1-10-5-4-13-8(9)7(12-3)6(5)11-2/h5-7H,4H2,1-3H3. The van der Waals surface area contributed by atoms with Gasteiger partial charge in [0, 0.05) is 21.3 Å². The highest BCUT2D eigenvalue weighted by Crippen LogP contribution is 2.17. The maximum absolute atomic E-state index is 11.2. The summed E-state index contributed by atoms with van der Waals surface area (Å²) in [6.07, 6.45) is -1.34. The Morgan fingerprint density at radius 2 is 1.92 bits per heavy atom. The van der Waals surface area contributed by atoms with E-state index in [9.17, 15) is 4.79 Å². The summed E-state index contributed by atoms with van der Waals surface area (Å²) in [5.74, 6) is -0.400. The van der Waals surface area contributed by atoms with Crippen LogP contribution in [0.3, 0.4) is 0 Å². The Morgan fingerprint density at radius 3 is 2.38 bits per heavy atom. The van der Waals surface area contributed by atoms with E-state index in [-0.39, 0.29) is 12.7 Å². The van der Waals surface area contributed by atoms with Gasteiger partial charge in [-0.2, -0.15) is 0 Å². The predicted octanol–water partition coefficient (Wildman–Crippen LogP) is -0.412. The van der Waals surface area contributed by atoms with E-state index >= 15 is 0 Å². The maximum atomic E-state index is 11.2. The molecule has 5 heteroatoms. The van der Waals surface area contributed by atoms with E-state index in [4.69, 9.17) is 18.9 Å². The Hall–Kier alpha value is -0.650. The Morgan fingerprint density at radius 1 is 1.23 bits per heavy atom. The third-order valence-corrected chi connectivity index (χ3v) is 2.12. The van der Waals surface area contributed by atoms with Crippen LogP contribution in [0.2, 0.25) is 0 Å². The highest BCUT2D eigenvalue weighted by molar-refractivity contribution is 5.76. The molecule has 1 aliphatic rings. The molecule has 1 heterocycles. The van der Waals surface area contributed by atoms with Crippen molar-refractivity contribution in [3.63, 3.8) is 0 Å². The number of esters is 1. The fourth-order valence-corrected chi connectivity index (χ4v) is 1.38. The Kier molecular flexibility index (Phi) is 3.65. The van der Waals surface area contributed by atoms with E-state index in [1.807, 2.05) is 0 Å². The van der Waals surface area contributed by atoms with E-state index in [2.05, 4.69) is 0 Å². The molecule has 76 valence electrons. The first-order valence-electron chi connectivity index (χ1n) is 3.99. The third-order valence-electron chi connectivity index (χ3n) is 2.12. The number of carbonyl (C=O) groups excluding carboxylic acids is 1. The van der Waals surface area contributed by atoms with Crippen LogP contribution in [0, 0.1) is 0 Å². The van der Waals surface area contributed by atoms with E-state index in [0.29, 0.717) is 0 Å². The number of rotatable bonds is 3. The molecule has 0 N–H and O–H groups in total. The van der Waals surface area contributed by atoms with Crippen molar-refractivity contribution in [3.8, 4) is 0 Å². The lowest BCUT2D eigenvalue weighted by Gasteiger charge is -2.33. The monoisotopic (exact) mass is 190 g/mol. The molecule has 3 atom stereocenters. The van der Waals surface area contributed by atoms with E-state index in [1.165, 1.54) is 14.2 Å². The molecule has 0 radical (unpaired) electrons. The number of carbonyl (C=O) groups is 1. The molecule has 0 aromatic heterocycles. The number of hydrogen-bond donors (Lipinski definition) is 0. The van der Waals surface area contributed by atoms with Gasteiger partial charge in [-0.25, -0.2) is 4.79 Å². The first-order chi connectivity index (χ1) is 6.24. The van der Waals surface area contributed by atoms with E-state index in [0.717, 1.165) is 0 Å². The van der Waals surface area contributed by atoms with Crippen LogP contribution in [-0.2, 0) is 23.7 Å². The van der Waals surface area contributed by atoms with Crippen LogP contribution >= 0.6 is 0 Å². The number of ether oxygens (including phenoxy) is 4. The van der Waals surface area contributed by atoms with Gasteiger partial charge in [-0.15, -0.1) is 0 Å². The summed E-state index contributed by atoms with van der Waals surface area (Å²) in [5, 5.41) is 0. The number of hydrogen-bond acceptors (Lipinski definition) is 5. The smallest absolute Gasteiger partial charge is 0.338 e. The zero-order chi connectivity index (χ0) is 9.84. The fraction of sp³-hybridized carbons (Fsp3) is 0.875. The molecule has 0 saturated carbocycles. The van der Waals surface area contributed by atoms with E-state index < -0.39 is 18.2 Å². The summed E-state index contributed by atoms with van der Waals surface area (Å²) in [4.78, 5) is 11.2. The molecule has 1 saturated heterocycles. The molecule has 5 nitrogen and oxygen atoms in total. The molecule has 0 spiro atoms. The van der Waals surface area contributed by atoms with Crippen molar-refractivity contribution in [2.75, 3.05) is 27.9 Å². The lowest BCUT2D eigenvalue weighted by atomic mass is 10.1. The Balaban J connectivity index is 2.70. The molecule has 3 unspecified atom stereocenters. The van der Waals surface area contributed by atoms with Crippen molar-refractivity contribution < 1.29 is 23.7 Å². The molecule has 1 rings (SSSR count). The Labute approximate surface area is 76.9 Å². The van der Waals surface area contributed by atoms with Crippen molar-refractivity contribution >= 4 is 5.97 Å². The van der Waals surface area contributed by atoms with Gasteiger partial charge in [0.25, 0.3) is 0 Å². The highest BCUT2D eigenvalue weighted by Gasteiger charge is 2.41. The summed E-state index contributed by atoms with van der Waals surface area (Å²) >= 11 is 0. The lowest BCUT2D eigenvalue weighted by Crippen LogP contribution is -2.53. The van der Waals surface area contributed by atoms with Crippen LogP contribution in [0.25, 0.3) is 0 Å². The van der Waals surface area contributed by atoms with Crippen molar-refractivity contribution in [1.82, 2.24) is 0 Å². The van der Waals surface area contributed by atoms with Gasteiger partial charge in [-0.1, -0.05) is 0 Å². The Bertz CT molecular complexity index is 181. The van der Waals surface area contributed by atoms with Gasteiger partial charge in [-0.05, 0) is 0 Å². The molecular weight excluding hydrogens is 176 g/mol. The molecule has 0 aliphatic carbocycles. The molecule has 1 fully saturated rings. The SMILES string of the molecule is COC1COC(=O)C(OC)C1OC. The molecule has 13 heavy (non-hydrogen) atoms. The van der Waals surface area contributed by atoms with Crippen molar-refractivity contribution in [2.45, 2.75) is 18.3 Å². The van der Waals surface area contributed by atoms with Gasteiger partial charge in [0.1, 0.15) is 18.8 Å². The van der Waals surface area contributed by atoms with Gasteiger partial charge in [0.05, 0.1) is 0 Å². The normalized spacial score (nSPS) is 34.4. The third kappa shape index (κ3) is 1.99. The second kappa shape index (κ2) is 4.55. The van der Waals surface area contributed by atoms with E-state index in [1.54, 1.807) is 7.11 Å². The second-order valence-electron chi connectivity index (χ2n) is 2.76. The fourth-order valence-electron chi connectivity index (χ4n) is 1.38. The first-order valence-corrected chi connectivity index (χ1v) is 3.99. The minimum Gasteiger partial charge on any atom is -0.461 e. The van der Waals surface area contributed by atoms with Gasteiger partial charge >= 0.3 is 5.97 Å². The van der Waals surface area contributed by atoms with Gasteiger partial charge in [0.15, 0.2) is 6.10 Å². The molecule has 0 aromatic carbocycles. The van der Waals surface area contributed by atoms with Crippen LogP contribution in [0.5, 0.6) is 0 Å². The summed E-state index contributed by atoms with van der Waals surface area (Å²) in [6.45, 7) is 0.216. The van der Waals surface area contributed by atoms with Crippen molar-refractivity contribution in [1.29, 1.82) is 0 Å². The summed E-state index contributed by atoms with van der Waals surface area (Å²) in [6, 6.07) is 0. The zero-order valence-electron chi connectivity index (χ0n) is 7.98. The maximum Gasteiger partial charge on any atom is 0.338 e. The summed E-state index contributed by atoms with van der Waals surface area (Å²) in [5.41, 5.74) is 0. The molecule has 1 aliphatic heterocycles. The average molecular weight is 190 g/mol. The van der Waals surface area contributed by atoms with Crippen LogP contribution < -0.4 is 0 Å². The zero-order valence-corrected chi connectivity index (χ0v) is 7.98.